The molecule has 3 aromatic rings. The Labute approximate surface area is 194 Å². The van der Waals surface area contributed by atoms with Crippen molar-refractivity contribution < 1.29 is 18.3 Å². The van der Waals surface area contributed by atoms with Crippen LogP contribution < -0.4 is 5.32 Å². The highest BCUT2D eigenvalue weighted by Gasteiger charge is 2.27. The molecule has 9 heteroatoms. The normalized spacial score (nSPS) is 11.5. The molecule has 0 fully saturated rings. The van der Waals surface area contributed by atoms with Crippen molar-refractivity contribution in [3.05, 3.63) is 83.2 Å². The Balaban J connectivity index is 1.95. The number of aliphatic carboxylic acids is 1. The summed E-state index contributed by atoms with van der Waals surface area (Å²) >= 11 is 0. The number of benzene rings is 1. The molecule has 2 N–H and O–H groups in total. The number of nitrogens with zero attached hydrogens (tertiary/aromatic N) is 3. The Morgan fingerprint density at radius 1 is 1.00 bits per heavy atom. The highest BCUT2D eigenvalue weighted by atomic mass is 32.2. The van der Waals surface area contributed by atoms with Gasteiger partial charge in [-0.2, -0.15) is 4.31 Å². The summed E-state index contributed by atoms with van der Waals surface area (Å²) in [7, 11) is -3.90. The van der Waals surface area contributed by atoms with E-state index in [-0.39, 0.29) is 24.7 Å². The minimum Gasteiger partial charge on any atom is -0.480 e. The number of pyridine rings is 2. The molecule has 8 nitrogen and oxygen atoms in total. The number of carboxylic acid groups (broad SMARTS) is 1. The fourth-order valence-electron chi connectivity index (χ4n) is 3.53. The number of nitrogens with one attached hydrogen (secondary N) is 1. The molecular formula is C24H28N4O4S. The van der Waals surface area contributed by atoms with Crippen LogP contribution in [0.15, 0.2) is 65.8 Å². The Bertz CT molecular complexity index is 1200. The summed E-state index contributed by atoms with van der Waals surface area (Å²) in [6.07, 6.45) is 3.23. The van der Waals surface area contributed by atoms with Crippen LogP contribution in [0.25, 0.3) is 0 Å². The fraction of sp³-hybridized carbons (Fsp3) is 0.292. The monoisotopic (exact) mass is 468 g/mol. The molecule has 0 atom stereocenters. The predicted octanol–water partition coefficient (Wildman–Crippen LogP) is 3.49. The lowest BCUT2D eigenvalue weighted by Gasteiger charge is -2.22. The average Bonchev–Trinajstić information content (AvgIpc) is 2.83. The van der Waals surface area contributed by atoms with Gasteiger partial charge in [-0.1, -0.05) is 44.2 Å². The number of aryl methyl sites for hydroxylation is 2. The van der Waals surface area contributed by atoms with Crippen LogP contribution >= 0.6 is 0 Å². The maximum atomic E-state index is 13.5. The van der Waals surface area contributed by atoms with Crippen LogP contribution in [0.2, 0.25) is 0 Å². The molecule has 0 amide bonds. The number of aromatic nitrogens is 2. The highest BCUT2D eigenvalue weighted by molar-refractivity contribution is 7.89. The first-order valence-electron chi connectivity index (χ1n) is 10.8. The summed E-state index contributed by atoms with van der Waals surface area (Å²) < 4.78 is 28.3. The smallest absolute Gasteiger partial charge is 0.322 e. The molecule has 0 aliphatic rings. The first-order chi connectivity index (χ1) is 15.8. The Hall–Kier alpha value is -3.30. The predicted molar refractivity (Wildman–Crippen MR) is 126 cm³/mol. The molecule has 2 heterocycles. The van der Waals surface area contributed by atoms with Gasteiger partial charge in [0.15, 0.2) is 5.03 Å². The van der Waals surface area contributed by atoms with Crippen molar-refractivity contribution in [1.82, 2.24) is 14.3 Å². The SMILES string of the molecule is CCc1ccc(CN(Cc2cccc(NCC(=O)O)n2)S(=O)(=O)c2ccccn2)cc1CC. The van der Waals surface area contributed by atoms with E-state index in [0.29, 0.717) is 11.5 Å². The molecular weight excluding hydrogens is 440 g/mol. The van der Waals surface area contributed by atoms with E-state index in [0.717, 1.165) is 18.4 Å². The first kappa shape index (κ1) is 24.3. The highest BCUT2D eigenvalue weighted by Crippen LogP contribution is 2.22. The molecule has 3 rings (SSSR count). The zero-order chi connectivity index (χ0) is 23.8. The zero-order valence-electron chi connectivity index (χ0n) is 18.7. The van der Waals surface area contributed by atoms with Gasteiger partial charge in [-0.25, -0.2) is 18.4 Å². The lowest BCUT2D eigenvalue weighted by Crippen LogP contribution is -2.31. The molecule has 0 saturated heterocycles. The van der Waals surface area contributed by atoms with Crippen LogP contribution in [-0.2, 0) is 40.7 Å². The van der Waals surface area contributed by atoms with Crippen molar-refractivity contribution in [2.45, 2.75) is 44.8 Å². The van der Waals surface area contributed by atoms with Crippen molar-refractivity contribution >= 4 is 21.8 Å². The van der Waals surface area contributed by atoms with Crippen LogP contribution in [0.1, 0.15) is 36.2 Å². The van der Waals surface area contributed by atoms with Gasteiger partial charge in [0.05, 0.1) is 12.2 Å². The number of carbonyl (C=O) groups is 1. The molecule has 0 spiro atoms. The number of anilines is 1. The molecule has 174 valence electrons. The summed E-state index contributed by atoms with van der Waals surface area (Å²) in [5.74, 6) is -0.644. The van der Waals surface area contributed by atoms with Crippen LogP contribution in [0.4, 0.5) is 5.82 Å². The maximum absolute atomic E-state index is 13.5. The van der Waals surface area contributed by atoms with E-state index >= 15 is 0 Å². The Kier molecular flexibility index (Phi) is 8.13. The van der Waals surface area contributed by atoms with E-state index in [2.05, 4.69) is 41.3 Å². The van der Waals surface area contributed by atoms with Crippen molar-refractivity contribution in [3.63, 3.8) is 0 Å². The van der Waals surface area contributed by atoms with Crippen molar-refractivity contribution in [2.24, 2.45) is 0 Å². The van der Waals surface area contributed by atoms with Crippen molar-refractivity contribution in [2.75, 3.05) is 11.9 Å². The summed E-state index contributed by atoms with van der Waals surface area (Å²) in [5, 5.41) is 11.6. The third-order valence-corrected chi connectivity index (χ3v) is 6.91. The third kappa shape index (κ3) is 6.36. The third-order valence-electron chi connectivity index (χ3n) is 5.20. The number of sulfonamides is 1. The summed E-state index contributed by atoms with van der Waals surface area (Å²) in [6.45, 7) is 4.07. The van der Waals surface area contributed by atoms with Gasteiger partial charge in [0.1, 0.15) is 12.4 Å². The van der Waals surface area contributed by atoms with E-state index in [1.807, 2.05) is 6.07 Å². The lowest BCUT2D eigenvalue weighted by atomic mass is 10.00. The number of rotatable bonds is 11. The van der Waals surface area contributed by atoms with E-state index in [4.69, 9.17) is 5.11 Å². The molecule has 2 aromatic heterocycles. The van der Waals surface area contributed by atoms with E-state index in [1.54, 1.807) is 30.3 Å². The average molecular weight is 469 g/mol. The topological polar surface area (TPSA) is 112 Å². The largest absolute Gasteiger partial charge is 0.480 e. The summed E-state index contributed by atoms with van der Waals surface area (Å²) in [5.41, 5.74) is 3.82. The lowest BCUT2D eigenvalue weighted by molar-refractivity contribution is -0.134. The second kappa shape index (κ2) is 11.0. The van der Waals surface area contributed by atoms with Gasteiger partial charge in [0, 0.05) is 12.7 Å². The second-order valence-electron chi connectivity index (χ2n) is 7.51. The Morgan fingerprint density at radius 3 is 2.45 bits per heavy atom. The van der Waals surface area contributed by atoms with Gasteiger partial charge >= 0.3 is 5.97 Å². The maximum Gasteiger partial charge on any atom is 0.322 e. The second-order valence-corrected chi connectivity index (χ2v) is 9.40. The summed E-state index contributed by atoms with van der Waals surface area (Å²) in [6, 6.07) is 15.9. The fourth-order valence-corrected chi connectivity index (χ4v) is 4.86. The number of hydrogen-bond acceptors (Lipinski definition) is 6. The zero-order valence-corrected chi connectivity index (χ0v) is 19.5. The van der Waals surface area contributed by atoms with Crippen LogP contribution in [0.3, 0.4) is 0 Å². The van der Waals surface area contributed by atoms with Crippen LogP contribution in [0.5, 0.6) is 0 Å². The molecule has 0 aliphatic heterocycles. The first-order valence-corrected chi connectivity index (χ1v) is 12.2. The molecule has 0 unspecified atom stereocenters. The van der Waals surface area contributed by atoms with Crippen molar-refractivity contribution in [3.8, 4) is 0 Å². The van der Waals surface area contributed by atoms with E-state index < -0.39 is 16.0 Å². The van der Waals surface area contributed by atoms with Gasteiger partial charge in [-0.3, -0.25) is 4.79 Å². The minimum absolute atomic E-state index is 0.0124. The van der Waals surface area contributed by atoms with Gasteiger partial charge in [0.2, 0.25) is 0 Å². The minimum atomic E-state index is -3.90. The van der Waals surface area contributed by atoms with Crippen LogP contribution in [0, 0.1) is 0 Å². The Morgan fingerprint density at radius 2 is 1.79 bits per heavy atom. The van der Waals surface area contributed by atoms with E-state index in [9.17, 15) is 13.2 Å². The van der Waals surface area contributed by atoms with E-state index in [1.165, 1.54) is 27.7 Å². The van der Waals surface area contributed by atoms with Gasteiger partial charge in [-0.05, 0) is 53.8 Å². The molecule has 0 saturated carbocycles. The van der Waals surface area contributed by atoms with Crippen molar-refractivity contribution in [1.29, 1.82) is 0 Å². The standard InChI is InChI=1S/C24H28N4O4S/c1-3-19-12-11-18(14-20(19)4-2)16-28(33(31,32)23-10-5-6-13-25-23)17-21-8-7-9-22(27-21)26-15-24(29)30/h5-14H,3-4,15-17H2,1-2H3,(H,26,27)(H,29,30). The van der Waals surface area contributed by atoms with Gasteiger partial charge in [-0.15, -0.1) is 0 Å². The van der Waals surface area contributed by atoms with Gasteiger partial charge < -0.3 is 10.4 Å². The molecule has 1 aromatic carbocycles. The summed E-state index contributed by atoms with van der Waals surface area (Å²) in [4.78, 5) is 19.3. The van der Waals surface area contributed by atoms with Crippen LogP contribution in [-0.4, -0.2) is 40.3 Å². The van der Waals surface area contributed by atoms with Gasteiger partial charge in [0.25, 0.3) is 10.0 Å². The number of carboxylic acids is 1. The quantitative estimate of drug-likeness (QED) is 0.443. The number of hydrogen-bond donors (Lipinski definition) is 2. The molecule has 33 heavy (non-hydrogen) atoms. The molecule has 0 aliphatic carbocycles. The molecule has 0 bridgehead atoms. The molecule has 0 radical (unpaired) electrons.